The number of hydrogen-bond acceptors (Lipinski definition) is 3. The molecule has 64 valence electrons. The van der Waals surface area contributed by atoms with Crippen LogP contribution in [0, 0.1) is 0 Å². The summed E-state index contributed by atoms with van der Waals surface area (Å²) in [7, 11) is 3.48. The molecule has 0 bridgehead atoms. The first-order valence-electron chi connectivity index (χ1n) is 3.15. The molecule has 0 spiro atoms. The van der Waals surface area contributed by atoms with Crippen molar-refractivity contribution in [1.29, 1.82) is 0 Å². The average molecular weight is 160 g/mol. The SMILES string of the molecule is CN(C)C[C@H](NC=O)C(=O)O. The van der Waals surface area contributed by atoms with Gasteiger partial charge in [0, 0.05) is 6.54 Å². The number of carboxylic acids is 1. The van der Waals surface area contributed by atoms with Crippen LogP contribution in [0.5, 0.6) is 0 Å². The molecule has 0 saturated carbocycles. The van der Waals surface area contributed by atoms with Crippen LogP contribution in [0.3, 0.4) is 0 Å². The Morgan fingerprint density at radius 1 is 1.73 bits per heavy atom. The number of carbonyl (C=O) groups excluding carboxylic acids is 1. The van der Waals surface area contributed by atoms with Crippen LogP contribution in [0.4, 0.5) is 0 Å². The number of carboxylic acid groups (broad SMARTS) is 1. The van der Waals surface area contributed by atoms with E-state index in [1.165, 1.54) is 0 Å². The lowest BCUT2D eigenvalue weighted by molar-refractivity contribution is -0.140. The highest BCUT2D eigenvalue weighted by Crippen LogP contribution is 1.85. The lowest BCUT2D eigenvalue weighted by Gasteiger charge is -2.15. The summed E-state index contributed by atoms with van der Waals surface area (Å²) in [5.41, 5.74) is 0. The van der Waals surface area contributed by atoms with Crippen molar-refractivity contribution >= 4 is 12.4 Å². The predicted octanol–water partition coefficient (Wildman–Crippen LogP) is -1.25. The van der Waals surface area contributed by atoms with E-state index < -0.39 is 12.0 Å². The van der Waals surface area contributed by atoms with Gasteiger partial charge in [-0.25, -0.2) is 4.79 Å². The molecule has 2 N–H and O–H groups in total. The van der Waals surface area contributed by atoms with E-state index in [2.05, 4.69) is 5.32 Å². The van der Waals surface area contributed by atoms with Gasteiger partial charge in [0.25, 0.3) is 0 Å². The third-order valence-corrected chi connectivity index (χ3v) is 1.12. The molecule has 11 heavy (non-hydrogen) atoms. The maximum atomic E-state index is 10.4. The monoisotopic (exact) mass is 160 g/mol. The van der Waals surface area contributed by atoms with E-state index in [4.69, 9.17) is 5.11 Å². The van der Waals surface area contributed by atoms with E-state index in [1.54, 1.807) is 19.0 Å². The van der Waals surface area contributed by atoms with E-state index in [0.717, 1.165) is 0 Å². The number of likely N-dealkylation sites (N-methyl/N-ethyl adjacent to an activating group) is 1. The van der Waals surface area contributed by atoms with Crippen molar-refractivity contribution in [3.63, 3.8) is 0 Å². The molecule has 0 unspecified atom stereocenters. The van der Waals surface area contributed by atoms with Gasteiger partial charge >= 0.3 is 5.97 Å². The van der Waals surface area contributed by atoms with E-state index >= 15 is 0 Å². The quantitative estimate of drug-likeness (QED) is 0.493. The Morgan fingerprint density at radius 3 is 2.55 bits per heavy atom. The van der Waals surface area contributed by atoms with Gasteiger partial charge in [0.05, 0.1) is 0 Å². The van der Waals surface area contributed by atoms with Crippen LogP contribution in [-0.2, 0) is 9.59 Å². The Hall–Kier alpha value is -1.10. The van der Waals surface area contributed by atoms with Crippen LogP contribution in [0.25, 0.3) is 0 Å². The summed E-state index contributed by atoms with van der Waals surface area (Å²) in [4.78, 5) is 22.0. The normalized spacial score (nSPS) is 12.6. The summed E-state index contributed by atoms with van der Waals surface area (Å²) in [5, 5.41) is 10.7. The van der Waals surface area contributed by atoms with Crippen LogP contribution in [0.15, 0.2) is 0 Å². The van der Waals surface area contributed by atoms with Crippen molar-refractivity contribution in [2.75, 3.05) is 20.6 Å². The van der Waals surface area contributed by atoms with Crippen molar-refractivity contribution in [1.82, 2.24) is 10.2 Å². The maximum Gasteiger partial charge on any atom is 0.327 e. The molecule has 0 rings (SSSR count). The highest BCUT2D eigenvalue weighted by molar-refractivity contribution is 5.76. The second kappa shape index (κ2) is 4.68. The maximum absolute atomic E-state index is 10.4. The summed E-state index contributed by atoms with van der Waals surface area (Å²) < 4.78 is 0. The van der Waals surface area contributed by atoms with Gasteiger partial charge in [-0.15, -0.1) is 0 Å². The molecule has 0 aliphatic rings. The van der Waals surface area contributed by atoms with Crippen LogP contribution in [-0.4, -0.2) is 49.1 Å². The van der Waals surface area contributed by atoms with E-state index in [1.807, 2.05) is 0 Å². The van der Waals surface area contributed by atoms with Gasteiger partial charge in [-0.1, -0.05) is 0 Å². The van der Waals surface area contributed by atoms with Crippen LogP contribution in [0.1, 0.15) is 0 Å². The van der Waals surface area contributed by atoms with Crippen LogP contribution >= 0.6 is 0 Å². The Morgan fingerprint density at radius 2 is 2.27 bits per heavy atom. The number of hydrogen-bond donors (Lipinski definition) is 2. The van der Waals surface area contributed by atoms with Gasteiger partial charge in [-0.05, 0) is 14.1 Å². The fourth-order valence-corrected chi connectivity index (χ4v) is 0.649. The summed E-state index contributed by atoms with van der Waals surface area (Å²) >= 11 is 0. The number of amides is 1. The van der Waals surface area contributed by atoms with E-state index in [-0.39, 0.29) is 0 Å². The Labute approximate surface area is 65.0 Å². The summed E-state index contributed by atoms with van der Waals surface area (Å²) in [6.45, 7) is 0.300. The highest BCUT2D eigenvalue weighted by atomic mass is 16.4. The van der Waals surface area contributed by atoms with Crippen molar-refractivity contribution in [3.05, 3.63) is 0 Å². The Balaban J connectivity index is 3.88. The molecule has 0 heterocycles. The Kier molecular flexibility index (Phi) is 4.21. The number of nitrogens with one attached hydrogen (secondary N) is 1. The molecular weight excluding hydrogens is 148 g/mol. The molecule has 1 amide bonds. The molecule has 0 saturated heterocycles. The van der Waals surface area contributed by atoms with Gasteiger partial charge in [0.2, 0.25) is 6.41 Å². The van der Waals surface area contributed by atoms with Gasteiger partial charge < -0.3 is 15.3 Å². The molecule has 5 heteroatoms. The third-order valence-electron chi connectivity index (χ3n) is 1.12. The molecule has 0 aliphatic heterocycles. The molecule has 5 nitrogen and oxygen atoms in total. The Bertz CT molecular complexity index is 147. The molecule has 0 aromatic heterocycles. The molecule has 0 fully saturated rings. The fraction of sp³-hybridized carbons (Fsp3) is 0.667. The first kappa shape index (κ1) is 9.90. The molecule has 1 atom stereocenters. The number of carbonyl (C=O) groups is 2. The van der Waals surface area contributed by atoms with E-state index in [9.17, 15) is 9.59 Å². The van der Waals surface area contributed by atoms with Crippen molar-refractivity contribution in [3.8, 4) is 0 Å². The largest absolute Gasteiger partial charge is 0.480 e. The molecular formula is C6H12N2O3. The second-order valence-electron chi connectivity index (χ2n) is 2.44. The zero-order valence-corrected chi connectivity index (χ0v) is 6.57. The first-order chi connectivity index (χ1) is 5.07. The highest BCUT2D eigenvalue weighted by Gasteiger charge is 2.16. The van der Waals surface area contributed by atoms with Crippen molar-refractivity contribution < 1.29 is 14.7 Å². The van der Waals surface area contributed by atoms with Crippen LogP contribution < -0.4 is 5.32 Å². The topological polar surface area (TPSA) is 69.6 Å². The van der Waals surface area contributed by atoms with Gasteiger partial charge in [0.15, 0.2) is 0 Å². The number of rotatable bonds is 5. The number of nitrogens with zero attached hydrogens (tertiary/aromatic N) is 1. The minimum atomic E-state index is -1.02. The molecule has 0 radical (unpaired) electrons. The molecule has 0 aromatic rings. The van der Waals surface area contributed by atoms with Gasteiger partial charge in [0.1, 0.15) is 6.04 Å². The lowest BCUT2D eigenvalue weighted by atomic mass is 10.3. The minimum Gasteiger partial charge on any atom is -0.480 e. The van der Waals surface area contributed by atoms with Gasteiger partial charge in [-0.2, -0.15) is 0 Å². The molecule has 0 aromatic carbocycles. The summed E-state index contributed by atoms with van der Waals surface area (Å²) in [6.07, 6.45) is 0.391. The standard InChI is InChI=1S/C6H12N2O3/c1-8(2)3-5(6(10)11)7-4-9/h4-5H,3H2,1-2H3,(H,7,9)(H,10,11)/t5-/m0/s1. The van der Waals surface area contributed by atoms with Crippen LogP contribution in [0.2, 0.25) is 0 Å². The minimum absolute atomic E-state index is 0.300. The summed E-state index contributed by atoms with van der Waals surface area (Å²) in [5.74, 6) is -1.02. The first-order valence-corrected chi connectivity index (χ1v) is 3.15. The lowest BCUT2D eigenvalue weighted by Crippen LogP contribution is -2.43. The smallest absolute Gasteiger partial charge is 0.327 e. The fourth-order valence-electron chi connectivity index (χ4n) is 0.649. The predicted molar refractivity (Wildman–Crippen MR) is 39.2 cm³/mol. The average Bonchev–Trinajstić information content (AvgIpc) is 1.86. The van der Waals surface area contributed by atoms with Crippen molar-refractivity contribution in [2.24, 2.45) is 0 Å². The third kappa shape index (κ3) is 4.32. The summed E-state index contributed by atoms with van der Waals surface area (Å²) in [6, 6.07) is -0.817. The second-order valence-corrected chi connectivity index (χ2v) is 2.44. The zero-order chi connectivity index (χ0) is 8.85. The van der Waals surface area contributed by atoms with E-state index in [0.29, 0.717) is 13.0 Å². The zero-order valence-electron chi connectivity index (χ0n) is 6.57. The van der Waals surface area contributed by atoms with Crippen molar-refractivity contribution in [2.45, 2.75) is 6.04 Å². The van der Waals surface area contributed by atoms with Gasteiger partial charge in [-0.3, -0.25) is 4.79 Å². The number of aliphatic carboxylic acids is 1. The molecule has 0 aliphatic carbocycles.